The lowest BCUT2D eigenvalue weighted by atomic mass is 9.98. The molecule has 0 saturated carbocycles. The van der Waals surface area contributed by atoms with E-state index in [0.717, 1.165) is 22.3 Å². The molecule has 6 N–H and O–H groups in total. The number of fused-ring (bicyclic) bond motifs is 3. The van der Waals surface area contributed by atoms with E-state index in [2.05, 4.69) is 26.6 Å². The number of carbonyl (C=O) groups excluding carboxylic acids is 5. The molecule has 1 aliphatic carbocycles. The molecular weight excluding hydrogens is 835 g/mol. The third-order valence-corrected chi connectivity index (χ3v) is 10.1. The average Bonchev–Trinajstić information content (AvgIpc) is 3.53. The number of carboxylic acids is 1. The van der Waals surface area contributed by atoms with Gasteiger partial charge < -0.3 is 50.6 Å². The number of hydrogen-bond acceptors (Lipinski definition) is 10. The topological polar surface area (TPSA) is 220 Å². The van der Waals surface area contributed by atoms with Crippen LogP contribution in [0, 0.1) is 0 Å². The molecular formula is C49H67N5O11. The van der Waals surface area contributed by atoms with E-state index in [-0.39, 0.29) is 25.6 Å². The van der Waals surface area contributed by atoms with Gasteiger partial charge in [0.25, 0.3) is 0 Å². The Bertz CT molecular complexity index is 2080. The highest BCUT2D eigenvalue weighted by atomic mass is 16.5. The van der Waals surface area contributed by atoms with Crippen LogP contribution in [0.15, 0.2) is 78.9 Å². The largest absolute Gasteiger partial charge is 0.480 e. The fourth-order valence-electron chi connectivity index (χ4n) is 7.41. The first kappa shape index (κ1) is 51.8. The second-order valence-corrected chi connectivity index (χ2v) is 19.2. The van der Waals surface area contributed by atoms with Crippen molar-refractivity contribution in [1.29, 1.82) is 0 Å². The van der Waals surface area contributed by atoms with E-state index < -0.39 is 95.4 Å². The van der Waals surface area contributed by atoms with E-state index in [1.807, 2.05) is 48.5 Å². The Labute approximate surface area is 382 Å². The molecule has 16 nitrogen and oxygen atoms in total. The normalized spacial score (nSPS) is 15.4. The fourth-order valence-corrected chi connectivity index (χ4v) is 7.41. The summed E-state index contributed by atoms with van der Waals surface area (Å²) in [5, 5.41) is 23.0. The predicted octanol–water partition coefficient (Wildman–Crippen LogP) is 5.01. The van der Waals surface area contributed by atoms with Gasteiger partial charge in [0.1, 0.15) is 31.3 Å². The van der Waals surface area contributed by atoms with Crippen molar-refractivity contribution in [3.05, 3.63) is 95.6 Å². The van der Waals surface area contributed by atoms with Crippen molar-refractivity contribution in [2.45, 2.75) is 142 Å². The Morgan fingerprint density at radius 2 is 1.08 bits per heavy atom. The Balaban J connectivity index is 1.52. The SMILES string of the molecule is C[C@@H](OC(C)(C)C)[C@H](NC(=O)CNC(=O)OCC1c2ccccc2-c2ccccc21)C(=O)N[C@@H](Cc1ccccc1)C(=O)N[C@H](C(=O)N[C@@H](COC(C)(C)C)C(=O)O)[C@@H](C)OC(C)(C)C. The number of carbonyl (C=O) groups is 6. The number of carboxylic acid groups (broad SMARTS) is 1. The third kappa shape index (κ3) is 16.3. The van der Waals surface area contributed by atoms with Gasteiger partial charge in [0.2, 0.25) is 23.6 Å². The molecule has 0 bridgehead atoms. The summed E-state index contributed by atoms with van der Waals surface area (Å²) >= 11 is 0. The van der Waals surface area contributed by atoms with Gasteiger partial charge in [-0.15, -0.1) is 0 Å². The maximum absolute atomic E-state index is 14.4. The van der Waals surface area contributed by atoms with Gasteiger partial charge in [-0.3, -0.25) is 19.2 Å². The number of amides is 5. The minimum Gasteiger partial charge on any atom is -0.480 e. The molecule has 3 aromatic rings. The molecule has 0 aliphatic heterocycles. The van der Waals surface area contributed by atoms with Gasteiger partial charge in [-0.25, -0.2) is 9.59 Å². The summed E-state index contributed by atoms with van der Waals surface area (Å²) in [5.41, 5.74) is 2.59. The van der Waals surface area contributed by atoms with Gasteiger partial charge in [0, 0.05) is 12.3 Å². The number of alkyl carbamates (subject to hydrolysis) is 1. The Hall–Kier alpha value is -5.84. The molecule has 4 rings (SSSR count). The summed E-state index contributed by atoms with van der Waals surface area (Å²) in [6.07, 6.45) is -2.81. The monoisotopic (exact) mass is 901 g/mol. The molecule has 0 spiro atoms. The maximum atomic E-state index is 14.4. The maximum Gasteiger partial charge on any atom is 0.407 e. The van der Waals surface area contributed by atoms with E-state index in [4.69, 9.17) is 18.9 Å². The van der Waals surface area contributed by atoms with Gasteiger partial charge in [-0.1, -0.05) is 78.9 Å². The summed E-state index contributed by atoms with van der Waals surface area (Å²) in [6.45, 7) is 18.1. The summed E-state index contributed by atoms with van der Waals surface area (Å²) in [7, 11) is 0. The van der Waals surface area contributed by atoms with Crippen LogP contribution in [0.1, 0.15) is 98.8 Å². The van der Waals surface area contributed by atoms with E-state index in [1.165, 1.54) is 0 Å². The lowest BCUT2D eigenvalue weighted by Gasteiger charge is -2.33. The molecule has 0 heterocycles. The molecule has 354 valence electrons. The standard InChI is InChI=1S/C49H67N5O11/c1-29(64-48(6,7)8)40(53-39(55)26-50-46(61)62-27-36-34-23-17-15-21-32(34)33-22-16-18-24-35(33)36)43(57)51-37(25-31-19-13-12-14-20-31)42(56)54-41(30(2)65-49(9,10)11)44(58)52-38(45(59)60)28-63-47(3,4)5/h12-24,29-30,36-38,40-41H,25-28H2,1-11H3,(H,50,61)(H,51,57)(H,52,58)(H,53,55)(H,54,56)(H,59,60)/t29-,30-,37+,38+,40+,41+/m1/s1. The summed E-state index contributed by atoms with van der Waals surface area (Å²) in [6, 6.07) is 19.0. The molecule has 0 radical (unpaired) electrons. The summed E-state index contributed by atoms with van der Waals surface area (Å²) in [4.78, 5) is 81.2. The van der Waals surface area contributed by atoms with Crippen LogP contribution in [0.4, 0.5) is 4.79 Å². The van der Waals surface area contributed by atoms with Gasteiger partial charge in [0.15, 0.2) is 6.04 Å². The van der Waals surface area contributed by atoms with E-state index in [0.29, 0.717) is 5.56 Å². The molecule has 6 atom stereocenters. The third-order valence-electron chi connectivity index (χ3n) is 10.1. The zero-order valence-electron chi connectivity index (χ0n) is 39.4. The summed E-state index contributed by atoms with van der Waals surface area (Å²) < 4.78 is 23.4. The smallest absolute Gasteiger partial charge is 0.407 e. The van der Waals surface area contributed by atoms with Crippen molar-refractivity contribution in [3.8, 4) is 11.1 Å². The number of benzene rings is 3. The average molecular weight is 902 g/mol. The number of nitrogens with one attached hydrogen (secondary N) is 5. The minimum absolute atomic E-state index is 0.0310. The van der Waals surface area contributed by atoms with E-state index in [1.54, 1.807) is 106 Å². The van der Waals surface area contributed by atoms with Crippen LogP contribution in [0.5, 0.6) is 0 Å². The highest BCUT2D eigenvalue weighted by Gasteiger charge is 2.38. The molecule has 0 aromatic heterocycles. The Morgan fingerprint density at radius 1 is 0.600 bits per heavy atom. The second kappa shape index (κ2) is 22.4. The van der Waals surface area contributed by atoms with Gasteiger partial charge in [-0.2, -0.15) is 0 Å². The zero-order chi connectivity index (χ0) is 48.3. The molecule has 0 saturated heterocycles. The summed E-state index contributed by atoms with van der Waals surface area (Å²) in [5.74, 6) is -4.72. The first-order chi connectivity index (χ1) is 30.3. The number of ether oxygens (including phenoxy) is 4. The van der Waals surface area contributed by atoms with Crippen LogP contribution in [0.3, 0.4) is 0 Å². The van der Waals surface area contributed by atoms with Crippen LogP contribution in [-0.2, 0) is 49.3 Å². The molecule has 16 heteroatoms. The van der Waals surface area contributed by atoms with E-state index in [9.17, 15) is 33.9 Å². The number of aliphatic carboxylic acids is 1. The lowest BCUT2D eigenvalue weighted by Crippen LogP contribution is -2.63. The van der Waals surface area contributed by atoms with Crippen LogP contribution < -0.4 is 26.6 Å². The van der Waals surface area contributed by atoms with Crippen molar-refractivity contribution >= 4 is 35.7 Å². The number of rotatable bonds is 20. The Morgan fingerprint density at radius 3 is 1.57 bits per heavy atom. The highest BCUT2D eigenvalue weighted by molar-refractivity contribution is 5.96. The van der Waals surface area contributed by atoms with Crippen LogP contribution >= 0.6 is 0 Å². The van der Waals surface area contributed by atoms with Gasteiger partial charge in [-0.05, 0) is 104 Å². The van der Waals surface area contributed by atoms with Crippen molar-refractivity contribution < 1.29 is 52.8 Å². The van der Waals surface area contributed by atoms with Crippen molar-refractivity contribution in [2.75, 3.05) is 19.8 Å². The fraction of sp³-hybridized carbons (Fsp3) is 0.510. The lowest BCUT2D eigenvalue weighted by molar-refractivity contribution is -0.148. The molecule has 65 heavy (non-hydrogen) atoms. The van der Waals surface area contributed by atoms with Crippen LogP contribution in [0.25, 0.3) is 11.1 Å². The van der Waals surface area contributed by atoms with Crippen molar-refractivity contribution in [2.24, 2.45) is 0 Å². The number of hydrogen-bond donors (Lipinski definition) is 6. The molecule has 0 unspecified atom stereocenters. The van der Waals surface area contributed by atoms with Crippen molar-refractivity contribution in [3.63, 3.8) is 0 Å². The predicted molar refractivity (Wildman–Crippen MR) is 245 cm³/mol. The molecule has 1 aliphatic rings. The second-order valence-electron chi connectivity index (χ2n) is 19.2. The zero-order valence-corrected chi connectivity index (χ0v) is 39.4. The van der Waals surface area contributed by atoms with Crippen LogP contribution in [-0.4, -0.2) is 114 Å². The van der Waals surface area contributed by atoms with E-state index >= 15 is 0 Å². The first-order valence-electron chi connectivity index (χ1n) is 21.9. The Kier molecular flexibility index (Phi) is 17.8. The van der Waals surface area contributed by atoms with Gasteiger partial charge >= 0.3 is 12.1 Å². The van der Waals surface area contributed by atoms with Crippen molar-refractivity contribution in [1.82, 2.24) is 26.6 Å². The quantitative estimate of drug-likeness (QED) is 0.0885. The van der Waals surface area contributed by atoms with Gasteiger partial charge in [0.05, 0.1) is 35.6 Å². The highest BCUT2D eigenvalue weighted by Crippen LogP contribution is 2.44. The molecule has 3 aromatic carbocycles. The first-order valence-corrected chi connectivity index (χ1v) is 21.9. The minimum atomic E-state index is -1.46. The van der Waals surface area contributed by atoms with Crippen LogP contribution in [0.2, 0.25) is 0 Å². The molecule has 0 fully saturated rings. The molecule has 5 amide bonds.